The lowest BCUT2D eigenvalue weighted by Crippen LogP contribution is -2.06. The van der Waals surface area contributed by atoms with Crippen LogP contribution in [0.4, 0.5) is 11.5 Å². The Kier molecular flexibility index (Phi) is 4.76. The number of carbonyl (C=O) groups is 1. The lowest BCUT2D eigenvalue weighted by molar-refractivity contribution is 0.0529. The number of aromatic nitrogens is 2. The fourth-order valence-electron chi connectivity index (χ4n) is 2.57. The Labute approximate surface area is 144 Å². The van der Waals surface area contributed by atoms with Gasteiger partial charge < -0.3 is 10.1 Å². The van der Waals surface area contributed by atoms with Gasteiger partial charge in [0, 0.05) is 11.1 Å². The predicted octanol–water partition coefficient (Wildman–Crippen LogP) is 4.74. The molecule has 24 heavy (non-hydrogen) atoms. The van der Waals surface area contributed by atoms with E-state index in [2.05, 4.69) is 35.2 Å². The first-order chi connectivity index (χ1) is 11.6. The van der Waals surface area contributed by atoms with Gasteiger partial charge in [-0.3, -0.25) is 0 Å². The van der Waals surface area contributed by atoms with Crippen molar-refractivity contribution in [3.8, 4) is 0 Å². The molecule has 0 atom stereocenters. The minimum atomic E-state index is -0.348. The van der Waals surface area contributed by atoms with Gasteiger partial charge in [0.05, 0.1) is 17.6 Å². The zero-order valence-electron chi connectivity index (χ0n) is 13.9. The molecule has 0 saturated carbocycles. The van der Waals surface area contributed by atoms with Crippen LogP contribution in [-0.2, 0) is 4.74 Å². The lowest BCUT2D eigenvalue weighted by Gasteiger charge is -2.14. The summed E-state index contributed by atoms with van der Waals surface area (Å²) >= 11 is 1.41. The molecule has 5 nitrogen and oxygen atoms in total. The smallest absolute Gasteiger partial charge is 0.339 e. The van der Waals surface area contributed by atoms with E-state index < -0.39 is 0 Å². The summed E-state index contributed by atoms with van der Waals surface area (Å²) in [6.07, 6.45) is 1.51. The first-order valence-electron chi connectivity index (χ1n) is 7.87. The minimum absolute atomic E-state index is 0.336. The van der Waals surface area contributed by atoms with Crippen LogP contribution in [0.25, 0.3) is 10.2 Å². The second-order valence-corrected chi connectivity index (χ2v) is 6.50. The zero-order valence-corrected chi connectivity index (χ0v) is 14.7. The summed E-state index contributed by atoms with van der Waals surface area (Å²) in [6, 6.07) is 8.10. The molecule has 0 fully saturated rings. The van der Waals surface area contributed by atoms with Crippen molar-refractivity contribution < 1.29 is 9.53 Å². The monoisotopic (exact) mass is 341 g/mol. The topological polar surface area (TPSA) is 64.1 Å². The summed E-state index contributed by atoms with van der Waals surface area (Å²) in [4.78, 5) is 21.6. The SMILES string of the molecule is CCOC(=O)c1csc2ncnc(Nc3ccccc3C(C)C)c12. The first-order valence-corrected chi connectivity index (χ1v) is 8.75. The van der Waals surface area contributed by atoms with Crippen molar-refractivity contribution in [3.05, 3.63) is 47.1 Å². The molecule has 1 N–H and O–H groups in total. The van der Waals surface area contributed by atoms with Gasteiger partial charge in [0.1, 0.15) is 17.0 Å². The van der Waals surface area contributed by atoms with E-state index in [9.17, 15) is 4.79 Å². The molecular weight excluding hydrogens is 322 g/mol. The number of nitrogens with one attached hydrogen (secondary N) is 1. The third-order valence-electron chi connectivity index (χ3n) is 3.70. The van der Waals surface area contributed by atoms with Crippen LogP contribution < -0.4 is 5.32 Å². The quantitative estimate of drug-likeness (QED) is 0.679. The van der Waals surface area contributed by atoms with Gasteiger partial charge in [-0.05, 0) is 24.5 Å². The van der Waals surface area contributed by atoms with Crippen LogP contribution in [-0.4, -0.2) is 22.5 Å². The number of esters is 1. The predicted molar refractivity (Wildman–Crippen MR) is 97.2 cm³/mol. The van der Waals surface area contributed by atoms with Crippen LogP contribution in [0.5, 0.6) is 0 Å². The van der Waals surface area contributed by atoms with E-state index in [-0.39, 0.29) is 5.97 Å². The second-order valence-electron chi connectivity index (χ2n) is 5.64. The molecule has 124 valence electrons. The molecule has 2 aromatic heterocycles. The maximum Gasteiger partial charge on any atom is 0.339 e. The molecule has 1 aromatic carbocycles. The molecule has 0 spiro atoms. The number of thiophene rings is 1. The molecule has 2 heterocycles. The van der Waals surface area contributed by atoms with E-state index in [0.717, 1.165) is 10.5 Å². The molecule has 0 unspecified atom stereocenters. The van der Waals surface area contributed by atoms with Crippen LogP contribution in [0.15, 0.2) is 36.0 Å². The average Bonchev–Trinajstić information content (AvgIpc) is 3.00. The van der Waals surface area contributed by atoms with Gasteiger partial charge in [0.15, 0.2) is 0 Å². The number of hydrogen-bond donors (Lipinski definition) is 1. The summed E-state index contributed by atoms with van der Waals surface area (Å²) in [5.74, 6) is 0.647. The van der Waals surface area contributed by atoms with Crippen molar-refractivity contribution in [1.29, 1.82) is 0 Å². The van der Waals surface area contributed by atoms with Crippen LogP contribution in [0.2, 0.25) is 0 Å². The van der Waals surface area contributed by atoms with Crippen molar-refractivity contribution in [2.75, 3.05) is 11.9 Å². The third kappa shape index (κ3) is 3.10. The van der Waals surface area contributed by atoms with Crippen LogP contribution in [0, 0.1) is 0 Å². The second kappa shape index (κ2) is 6.97. The molecule has 0 aliphatic heterocycles. The van der Waals surface area contributed by atoms with Crippen molar-refractivity contribution in [2.45, 2.75) is 26.7 Å². The van der Waals surface area contributed by atoms with Crippen molar-refractivity contribution in [2.24, 2.45) is 0 Å². The van der Waals surface area contributed by atoms with Gasteiger partial charge in [0.2, 0.25) is 0 Å². The molecular formula is C18H19N3O2S. The summed E-state index contributed by atoms with van der Waals surface area (Å²) in [6.45, 7) is 6.42. The Morgan fingerprint density at radius 3 is 2.83 bits per heavy atom. The highest BCUT2D eigenvalue weighted by molar-refractivity contribution is 7.17. The Bertz CT molecular complexity index is 874. The first kappa shape index (κ1) is 16.4. The Morgan fingerprint density at radius 2 is 2.08 bits per heavy atom. The van der Waals surface area contributed by atoms with Crippen LogP contribution in [0.3, 0.4) is 0 Å². The summed E-state index contributed by atoms with van der Waals surface area (Å²) in [7, 11) is 0. The highest BCUT2D eigenvalue weighted by Gasteiger charge is 2.19. The normalized spacial score (nSPS) is 11.0. The number of ether oxygens (including phenoxy) is 1. The van der Waals surface area contributed by atoms with E-state index in [4.69, 9.17) is 4.74 Å². The molecule has 0 aliphatic rings. The Balaban J connectivity index is 2.07. The highest BCUT2D eigenvalue weighted by Crippen LogP contribution is 2.33. The number of hydrogen-bond acceptors (Lipinski definition) is 6. The van der Waals surface area contributed by atoms with Crippen molar-refractivity contribution >= 4 is 39.0 Å². The third-order valence-corrected chi connectivity index (χ3v) is 4.59. The number of fused-ring (bicyclic) bond motifs is 1. The molecule has 0 radical (unpaired) electrons. The Morgan fingerprint density at radius 1 is 1.29 bits per heavy atom. The highest BCUT2D eigenvalue weighted by atomic mass is 32.1. The number of carbonyl (C=O) groups excluding carboxylic acids is 1. The molecule has 0 bridgehead atoms. The van der Waals surface area contributed by atoms with Gasteiger partial charge in [-0.2, -0.15) is 0 Å². The fourth-order valence-corrected chi connectivity index (χ4v) is 3.45. The number of rotatable bonds is 5. The number of anilines is 2. The van der Waals surface area contributed by atoms with E-state index in [1.54, 1.807) is 12.3 Å². The number of benzene rings is 1. The fraction of sp³-hybridized carbons (Fsp3) is 0.278. The standard InChI is InChI=1S/C18H19N3O2S/c1-4-23-18(22)13-9-24-17-15(13)16(19-10-20-17)21-14-8-6-5-7-12(14)11(2)3/h5-11H,4H2,1-3H3,(H,19,20,21). The maximum atomic E-state index is 12.2. The van der Waals surface area contributed by atoms with Gasteiger partial charge in [0.25, 0.3) is 0 Å². The molecule has 3 aromatic rings. The van der Waals surface area contributed by atoms with Gasteiger partial charge >= 0.3 is 5.97 Å². The average molecular weight is 341 g/mol. The van der Waals surface area contributed by atoms with Gasteiger partial charge in [-0.15, -0.1) is 11.3 Å². The number of para-hydroxylation sites is 1. The zero-order chi connectivity index (χ0) is 17.1. The van der Waals surface area contributed by atoms with Crippen molar-refractivity contribution in [1.82, 2.24) is 9.97 Å². The minimum Gasteiger partial charge on any atom is -0.462 e. The molecule has 0 aliphatic carbocycles. The van der Waals surface area contributed by atoms with Crippen molar-refractivity contribution in [3.63, 3.8) is 0 Å². The lowest BCUT2D eigenvalue weighted by atomic mass is 10.0. The molecule has 0 amide bonds. The van der Waals surface area contributed by atoms with Gasteiger partial charge in [-0.1, -0.05) is 32.0 Å². The summed E-state index contributed by atoms with van der Waals surface area (Å²) in [5, 5.41) is 5.85. The molecule has 6 heteroatoms. The summed E-state index contributed by atoms with van der Waals surface area (Å²) in [5.41, 5.74) is 2.67. The van der Waals surface area contributed by atoms with E-state index in [1.165, 1.54) is 23.2 Å². The van der Waals surface area contributed by atoms with Crippen LogP contribution >= 0.6 is 11.3 Å². The maximum absolute atomic E-state index is 12.2. The number of nitrogens with zero attached hydrogens (tertiary/aromatic N) is 2. The summed E-state index contributed by atoms with van der Waals surface area (Å²) < 4.78 is 5.15. The molecule has 3 rings (SSSR count). The largest absolute Gasteiger partial charge is 0.462 e. The van der Waals surface area contributed by atoms with E-state index in [1.807, 2.05) is 18.2 Å². The van der Waals surface area contributed by atoms with Gasteiger partial charge in [-0.25, -0.2) is 14.8 Å². The van der Waals surface area contributed by atoms with Crippen LogP contribution in [0.1, 0.15) is 42.6 Å². The molecule has 0 saturated heterocycles. The van der Waals surface area contributed by atoms with E-state index >= 15 is 0 Å². The Hall–Kier alpha value is -2.47. The van der Waals surface area contributed by atoms with E-state index in [0.29, 0.717) is 29.3 Å².